The summed E-state index contributed by atoms with van der Waals surface area (Å²) < 4.78 is 0. The van der Waals surface area contributed by atoms with Crippen LogP contribution in [0.5, 0.6) is 0 Å². The standard InChI is InChI=1S/C26H29N7O/c1-16-19(15-27)4-3-5-21(16)24(28)29-25-23-14-20(8-9-22(23)17(2)30-31-25)32-10-12-33(13-11-32)26(34)18-6-7-18/h3-5,8-9,14,18,24H,6-7,10-13,28H2,1-2H3,(H,29,31)/t24-/m0/s1. The molecule has 1 saturated carbocycles. The third-order valence-corrected chi connectivity index (χ3v) is 6.95. The summed E-state index contributed by atoms with van der Waals surface area (Å²) in [5.41, 5.74) is 10.8. The number of aryl methyl sites for hydroxylation is 1. The van der Waals surface area contributed by atoms with Crippen LogP contribution in [-0.2, 0) is 4.79 Å². The number of hydrogen-bond acceptors (Lipinski definition) is 7. The van der Waals surface area contributed by atoms with Crippen molar-refractivity contribution >= 4 is 28.2 Å². The highest BCUT2D eigenvalue weighted by Gasteiger charge is 2.34. The van der Waals surface area contributed by atoms with E-state index in [4.69, 9.17) is 5.73 Å². The molecule has 0 radical (unpaired) electrons. The molecule has 1 atom stereocenters. The second-order valence-corrected chi connectivity index (χ2v) is 9.20. The topological polar surface area (TPSA) is 111 Å². The van der Waals surface area contributed by atoms with Gasteiger partial charge in [0.2, 0.25) is 5.91 Å². The van der Waals surface area contributed by atoms with Crippen molar-refractivity contribution in [2.24, 2.45) is 11.7 Å². The minimum atomic E-state index is -0.533. The number of amides is 1. The summed E-state index contributed by atoms with van der Waals surface area (Å²) in [6, 6.07) is 14.1. The van der Waals surface area contributed by atoms with E-state index in [1.807, 2.05) is 30.9 Å². The summed E-state index contributed by atoms with van der Waals surface area (Å²) in [5.74, 6) is 1.20. The quantitative estimate of drug-likeness (QED) is 0.568. The van der Waals surface area contributed by atoms with Gasteiger partial charge in [-0.1, -0.05) is 18.2 Å². The van der Waals surface area contributed by atoms with Crippen molar-refractivity contribution in [3.63, 3.8) is 0 Å². The molecule has 174 valence electrons. The van der Waals surface area contributed by atoms with Crippen molar-refractivity contribution in [2.75, 3.05) is 36.4 Å². The van der Waals surface area contributed by atoms with Crippen molar-refractivity contribution in [2.45, 2.75) is 32.9 Å². The molecule has 1 aromatic heterocycles. The summed E-state index contributed by atoms with van der Waals surface area (Å²) in [6.45, 7) is 6.98. The second-order valence-electron chi connectivity index (χ2n) is 9.20. The van der Waals surface area contributed by atoms with E-state index in [9.17, 15) is 10.1 Å². The van der Waals surface area contributed by atoms with E-state index in [2.05, 4.69) is 44.7 Å². The molecule has 1 saturated heterocycles. The molecule has 1 aliphatic carbocycles. The van der Waals surface area contributed by atoms with E-state index in [0.29, 0.717) is 17.3 Å². The van der Waals surface area contributed by atoms with E-state index in [0.717, 1.165) is 72.3 Å². The summed E-state index contributed by atoms with van der Waals surface area (Å²) in [6.07, 6.45) is 1.55. The molecular weight excluding hydrogens is 426 g/mol. The first-order valence-electron chi connectivity index (χ1n) is 11.8. The lowest BCUT2D eigenvalue weighted by Crippen LogP contribution is -2.49. The zero-order valence-electron chi connectivity index (χ0n) is 19.6. The number of anilines is 2. The summed E-state index contributed by atoms with van der Waals surface area (Å²) in [5, 5.41) is 23.4. The molecule has 1 aliphatic heterocycles. The van der Waals surface area contributed by atoms with Gasteiger partial charge in [0, 0.05) is 48.6 Å². The molecule has 1 amide bonds. The number of benzene rings is 2. The fourth-order valence-corrected chi connectivity index (χ4v) is 4.69. The Morgan fingerprint density at radius 3 is 2.59 bits per heavy atom. The van der Waals surface area contributed by atoms with Gasteiger partial charge < -0.3 is 20.9 Å². The minimum absolute atomic E-state index is 0.268. The van der Waals surface area contributed by atoms with Crippen molar-refractivity contribution in [3.05, 3.63) is 58.8 Å². The van der Waals surface area contributed by atoms with Crippen molar-refractivity contribution in [3.8, 4) is 6.07 Å². The minimum Gasteiger partial charge on any atom is -0.368 e. The number of nitriles is 1. The maximum Gasteiger partial charge on any atom is 0.225 e. The largest absolute Gasteiger partial charge is 0.368 e. The number of nitrogens with zero attached hydrogens (tertiary/aromatic N) is 5. The number of carbonyl (C=O) groups is 1. The van der Waals surface area contributed by atoms with Crippen LogP contribution in [0.1, 0.15) is 41.4 Å². The summed E-state index contributed by atoms with van der Waals surface area (Å²) in [4.78, 5) is 16.7. The molecule has 0 unspecified atom stereocenters. The van der Waals surface area contributed by atoms with Crippen LogP contribution in [0.2, 0.25) is 0 Å². The van der Waals surface area contributed by atoms with Crippen molar-refractivity contribution in [1.29, 1.82) is 5.26 Å². The average molecular weight is 456 g/mol. The first kappa shape index (κ1) is 22.1. The van der Waals surface area contributed by atoms with E-state index in [1.165, 1.54) is 0 Å². The molecule has 2 aromatic carbocycles. The fourth-order valence-electron chi connectivity index (χ4n) is 4.69. The molecule has 8 heteroatoms. The third-order valence-electron chi connectivity index (χ3n) is 6.95. The van der Waals surface area contributed by atoms with Gasteiger partial charge >= 0.3 is 0 Å². The summed E-state index contributed by atoms with van der Waals surface area (Å²) in [7, 11) is 0. The molecule has 5 rings (SSSR count). The van der Waals surface area contributed by atoms with Crippen LogP contribution in [0, 0.1) is 31.1 Å². The lowest BCUT2D eigenvalue weighted by Gasteiger charge is -2.36. The second kappa shape index (κ2) is 8.92. The third kappa shape index (κ3) is 4.15. The number of hydrogen-bond donors (Lipinski definition) is 2. The predicted octanol–water partition coefficient (Wildman–Crippen LogP) is 3.25. The molecule has 3 N–H and O–H groups in total. The maximum absolute atomic E-state index is 12.4. The summed E-state index contributed by atoms with van der Waals surface area (Å²) >= 11 is 0. The highest BCUT2D eigenvalue weighted by atomic mass is 16.2. The molecule has 3 aromatic rings. The lowest BCUT2D eigenvalue weighted by molar-refractivity contribution is -0.132. The van der Waals surface area contributed by atoms with Crippen LogP contribution in [0.25, 0.3) is 10.8 Å². The van der Waals surface area contributed by atoms with Gasteiger partial charge in [-0.25, -0.2) is 0 Å². The Bertz CT molecular complexity index is 1290. The number of fused-ring (bicyclic) bond motifs is 1. The molecule has 2 fully saturated rings. The Balaban J connectivity index is 1.40. The molecule has 0 bridgehead atoms. The van der Waals surface area contributed by atoms with Gasteiger partial charge in [-0.15, -0.1) is 5.10 Å². The molecule has 2 heterocycles. The normalized spacial score (nSPS) is 16.9. The number of carbonyl (C=O) groups excluding carboxylic acids is 1. The van der Waals surface area contributed by atoms with Gasteiger partial charge in [0.1, 0.15) is 6.17 Å². The van der Waals surface area contributed by atoms with Crippen LogP contribution in [0.4, 0.5) is 11.5 Å². The van der Waals surface area contributed by atoms with Crippen LogP contribution >= 0.6 is 0 Å². The predicted molar refractivity (Wildman–Crippen MR) is 132 cm³/mol. The Morgan fingerprint density at radius 2 is 1.88 bits per heavy atom. The number of nitrogens with two attached hydrogens (primary N) is 1. The molecule has 34 heavy (non-hydrogen) atoms. The lowest BCUT2D eigenvalue weighted by atomic mass is 10.0. The Labute approximate surface area is 199 Å². The SMILES string of the molecule is Cc1c(C#N)cccc1[C@@H](N)Nc1nnc(C)c2ccc(N3CCN(C(=O)C4CC4)CC3)cc12. The first-order valence-corrected chi connectivity index (χ1v) is 11.8. The van der Waals surface area contributed by atoms with Crippen LogP contribution in [-0.4, -0.2) is 47.2 Å². The van der Waals surface area contributed by atoms with Gasteiger partial charge in [0.15, 0.2) is 5.82 Å². The smallest absolute Gasteiger partial charge is 0.225 e. The molecule has 0 spiro atoms. The number of nitrogens with one attached hydrogen (secondary N) is 1. The maximum atomic E-state index is 12.4. The number of aromatic nitrogens is 2. The van der Waals surface area contributed by atoms with Crippen LogP contribution in [0.15, 0.2) is 36.4 Å². The van der Waals surface area contributed by atoms with Gasteiger partial charge in [-0.3, -0.25) is 4.79 Å². The van der Waals surface area contributed by atoms with E-state index < -0.39 is 6.17 Å². The number of piperazine rings is 1. The zero-order chi connectivity index (χ0) is 23.8. The highest BCUT2D eigenvalue weighted by molar-refractivity contribution is 5.95. The van der Waals surface area contributed by atoms with Gasteiger partial charge in [-0.2, -0.15) is 10.4 Å². The van der Waals surface area contributed by atoms with E-state index >= 15 is 0 Å². The van der Waals surface area contributed by atoms with E-state index in [-0.39, 0.29) is 5.92 Å². The van der Waals surface area contributed by atoms with Gasteiger partial charge in [-0.05, 0) is 56.0 Å². The van der Waals surface area contributed by atoms with Crippen LogP contribution in [0.3, 0.4) is 0 Å². The Hall–Kier alpha value is -3.70. The first-order chi connectivity index (χ1) is 16.5. The van der Waals surface area contributed by atoms with E-state index in [1.54, 1.807) is 6.07 Å². The van der Waals surface area contributed by atoms with Gasteiger partial charge in [0.05, 0.1) is 17.3 Å². The van der Waals surface area contributed by atoms with Crippen molar-refractivity contribution in [1.82, 2.24) is 15.1 Å². The molecule has 8 nitrogen and oxygen atoms in total. The average Bonchev–Trinajstić information content (AvgIpc) is 3.71. The zero-order valence-corrected chi connectivity index (χ0v) is 19.6. The Morgan fingerprint density at radius 1 is 1.12 bits per heavy atom. The van der Waals surface area contributed by atoms with Crippen molar-refractivity contribution < 1.29 is 4.79 Å². The van der Waals surface area contributed by atoms with Gasteiger partial charge in [0.25, 0.3) is 0 Å². The molecular formula is C26H29N7O. The molecule has 2 aliphatic rings. The number of rotatable bonds is 5. The highest BCUT2D eigenvalue weighted by Crippen LogP contribution is 2.33. The Kier molecular flexibility index (Phi) is 5.80. The monoisotopic (exact) mass is 455 g/mol. The fraction of sp³-hybridized carbons (Fsp3) is 0.385. The van der Waals surface area contributed by atoms with Crippen LogP contribution < -0.4 is 16.0 Å².